The molecule has 5 heteroatoms. The molecule has 124 valence electrons. The van der Waals surface area contributed by atoms with Crippen LogP contribution in [0.25, 0.3) is 6.08 Å². The molecule has 2 aromatic rings. The van der Waals surface area contributed by atoms with Gasteiger partial charge in [-0.1, -0.05) is 30.3 Å². The third-order valence-electron chi connectivity index (χ3n) is 3.31. The largest absolute Gasteiger partial charge is 0.494 e. The van der Waals surface area contributed by atoms with Gasteiger partial charge in [-0.2, -0.15) is 0 Å². The first-order chi connectivity index (χ1) is 11.6. The number of carbonyl (C=O) groups is 2. The molecule has 24 heavy (non-hydrogen) atoms. The molecular weight excluding hydrogens is 304 g/mol. The van der Waals surface area contributed by atoms with Crippen LogP contribution in [0.4, 0.5) is 0 Å². The molecule has 0 saturated carbocycles. The van der Waals surface area contributed by atoms with Crippen molar-refractivity contribution < 1.29 is 14.3 Å². The fourth-order valence-corrected chi connectivity index (χ4v) is 2.07. The summed E-state index contributed by atoms with van der Waals surface area (Å²) in [6.07, 6.45) is 3.01. The van der Waals surface area contributed by atoms with Crippen molar-refractivity contribution in [2.24, 2.45) is 0 Å². The van der Waals surface area contributed by atoms with E-state index in [0.717, 1.165) is 16.9 Å². The first kappa shape index (κ1) is 17.3. The topological polar surface area (TPSA) is 67.4 Å². The van der Waals surface area contributed by atoms with Crippen molar-refractivity contribution in [2.45, 2.75) is 13.8 Å². The van der Waals surface area contributed by atoms with Crippen LogP contribution in [-0.4, -0.2) is 18.4 Å². The first-order valence-corrected chi connectivity index (χ1v) is 7.67. The maximum atomic E-state index is 12.0. The van der Waals surface area contributed by atoms with E-state index in [4.69, 9.17) is 4.74 Å². The van der Waals surface area contributed by atoms with Crippen molar-refractivity contribution >= 4 is 17.9 Å². The molecule has 0 bridgehead atoms. The van der Waals surface area contributed by atoms with Gasteiger partial charge >= 0.3 is 0 Å². The van der Waals surface area contributed by atoms with Gasteiger partial charge in [0, 0.05) is 11.6 Å². The van der Waals surface area contributed by atoms with Crippen LogP contribution in [0.2, 0.25) is 0 Å². The molecule has 0 unspecified atom stereocenters. The van der Waals surface area contributed by atoms with E-state index in [1.807, 2.05) is 50.2 Å². The summed E-state index contributed by atoms with van der Waals surface area (Å²) in [5.41, 5.74) is 6.98. The summed E-state index contributed by atoms with van der Waals surface area (Å²) in [5, 5.41) is 0. The van der Waals surface area contributed by atoms with Gasteiger partial charge in [0.2, 0.25) is 0 Å². The second-order valence-corrected chi connectivity index (χ2v) is 5.09. The molecule has 0 saturated heterocycles. The highest BCUT2D eigenvalue weighted by Crippen LogP contribution is 2.12. The minimum atomic E-state index is -0.411. The summed E-state index contributed by atoms with van der Waals surface area (Å²) in [4.78, 5) is 23.7. The number of amides is 2. The molecule has 0 radical (unpaired) electrons. The van der Waals surface area contributed by atoms with Crippen LogP contribution in [0.15, 0.2) is 54.6 Å². The molecular formula is C19H20N2O3. The number of hydrogen-bond donors (Lipinski definition) is 2. The molecule has 0 atom stereocenters. The molecule has 0 heterocycles. The van der Waals surface area contributed by atoms with E-state index in [1.165, 1.54) is 6.08 Å². The number of hydrogen-bond acceptors (Lipinski definition) is 3. The van der Waals surface area contributed by atoms with Gasteiger partial charge in [0.25, 0.3) is 11.8 Å². The van der Waals surface area contributed by atoms with Crippen molar-refractivity contribution in [2.75, 3.05) is 6.61 Å². The summed E-state index contributed by atoms with van der Waals surface area (Å²) < 4.78 is 5.35. The number of aryl methyl sites for hydroxylation is 1. The zero-order chi connectivity index (χ0) is 17.4. The lowest BCUT2D eigenvalue weighted by atomic mass is 10.1. The highest BCUT2D eigenvalue weighted by molar-refractivity contribution is 5.98. The average molecular weight is 324 g/mol. The van der Waals surface area contributed by atoms with Gasteiger partial charge in [0.1, 0.15) is 5.75 Å². The van der Waals surface area contributed by atoms with Crippen molar-refractivity contribution in [3.05, 3.63) is 71.3 Å². The molecule has 2 rings (SSSR count). The van der Waals surface area contributed by atoms with Crippen LogP contribution in [-0.2, 0) is 4.79 Å². The summed E-state index contributed by atoms with van der Waals surface area (Å²) >= 11 is 0. The van der Waals surface area contributed by atoms with E-state index in [2.05, 4.69) is 10.9 Å². The van der Waals surface area contributed by atoms with Crippen LogP contribution in [0.5, 0.6) is 5.75 Å². The molecule has 2 N–H and O–H groups in total. The molecule has 2 aromatic carbocycles. The Kier molecular flexibility index (Phi) is 6.14. The van der Waals surface area contributed by atoms with Gasteiger partial charge < -0.3 is 4.74 Å². The molecule has 0 aliphatic heterocycles. The van der Waals surface area contributed by atoms with E-state index < -0.39 is 5.91 Å². The Bertz CT molecular complexity index is 737. The lowest BCUT2D eigenvalue weighted by molar-refractivity contribution is -0.117. The van der Waals surface area contributed by atoms with Gasteiger partial charge in [-0.15, -0.1) is 0 Å². The third-order valence-corrected chi connectivity index (χ3v) is 3.31. The fraction of sp³-hybridized carbons (Fsp3) is 0.158. The monoisotopic (exact) mass is 324 g/mol. The Morgan fingerprint density at radius 3 is 2.42 bits per heavy atom. The summed E-state index contributed by atoms with van der Waals surface area (Å²) in [6, 6.07) is 14.5. The minimum Gasteiger partial charge on any atom is -0.494 e. The normalized spacial score (nSPS) is 10.4. The fourth-order valence-electron chi connectivity index (χ4n) is 2.07. The standard InChI is InChI=1S/C19H20N2O3/c1-3-24-16-11-8-15(9-12-16)10-13-18(22)20-21-19(23)17-7-5-4-6-14(17)2/h4-13H,3H2,1-2H3,(H,20,22)(H,21,23)/b13-10+. The molecule has 0 aliphatic rings. The number of rotatable bonds is 5. The molecule has 0 fully saturated rings. The lowest BCUT2D eigenvalue weighted by Gasteiger charge is -2.07. The van der Waals surface area contributed by atoms with Gasteiger partial charge in [0.15, 0.2) is 0 Å². The average Bonchev–Trinajstić information content (AvgIpc) is 2.60. The van der Waals surface area contributed by atoms with E-state index >= 15 is 0 Å². The zero-order valence-electron chi connectivity index (χ0n) is 13.7. The SMILES string of the molecule is CCOc1ccc(/C=C/C(=O)NNC(=O)c2ccccc2C)cc1. The van der Waals surface area contributed by atoms with Crippen molar-refractivity contribution in [1.82, 2.24) is 10.9 Å². The molecule has 5 nitrogen and oxygen atoms in total. The Hall–Kier alpha value is -3.08. The Labute approximate surface area is 141 Å². The van der Waals surface area contributed by atoms with Gasteiger partial charge in [-0.05, 0) is 49.2 Å². The van der Waals surface area contributed by atoms with Gasteiger partial charge in [0.05, 0.1) is 6.61 Å². The zero-order valence-corrected chi connectivity index (χ0v) is 13.7. The smallest absolute Gasteiger partial charge is 0.269 e. The number of nitrogens with one attached hydrogen (secondary N) is 2. The second kappa shape index (κ2) is 8.53. The van der Waals surface area contributed by atoms with Crippen LogP contribution in [0, 0.1) is 6.92 Å². The predicted molar refractivity (Wildman–Crippen MR) is 93.4 cm³/mol. The molecule has 2 amide bonds. The van der Waals surface area contributed by atoms with Crippen molar-refractivity contribution in [3.63, 3.8) is 0 Å². The van der Waals surface area contributed by atoms with Crippen LogP contribution in [0.3, 0.4) is 0 Å². The third kappa shape index (κ3) is 4.98. The number of carbonyl (C=O) groups excluding carboxylic acids is 2. The van der Waals surface area contributed by atoms with Gasteiger partial charge in [-0.25, -0.2) is 0 Å². The minimum absolute atomic E-state index is 0.351. The summed E-state index contributed by atoms with van der Waals surface area (Å²) in [6.45, 7) is 4.37. The summed E-state index contributed by atoms with van der Waals surface area (Å²) in [5.74, 6) is 0.0198. The van der Waals surface area contributed by atoms with Gasteiger partial charge in [-0.3, -0.25) is 20.4 Å². The van der Waals surface area contributed by atoms with Crippen molar-refractivity contribution in [3.8, 4) is 5.75 Å². The van der Waals surface area contributed by atoms with Crippen LogP contribution in [0.1, 0.15) is 28.4 Å². The summed E-state index contributed by atoms with van der Waals surface area (Å²) in [7, 11) is 0. The first-order valence-electron chi connectivity index (χ1n) is 7.67. The second-order valence-electron chi connectivity index (χ2n) is 5.09. The molecule has 0 spiro atoms. The highest BCUT2D eigenvalue weighted by atomic mass is 16.5. The van der Waals surface area contributed by atoms with Crippen LogP contribution >= 0.6 is 0 Å². The molecule has 0 aliphatic carbocycles. The number of benzene rings is 2. The Morgan fingerprint density at radius 2 is 1.75 bits per heavy atom. The van der Waals surface area contributed by atoms with Crippen molar-refractivity contribution in [1.29, 1.82) is 0 Å². The van der Waals surface area contributed by atoms with Crippen LogP contribution < -0.4 is 15.6 Å². The molecule has 0 aromatic heterocycles. The Balaban J connectivity index is 1.86. The highest BCUT2D eigenvalue weighted by Gasteiger charge is 2.07. The Morgan fingerprint density at radius 1 is 1.04 bits per heavy atom. The maximum Gasteiger partial charge on any atom is 0.269 e. The van der Waals surface area contributed by atoms with E-state index in [1.54, 1.807) is 18.2 Å². The van der Waals surface area contributed by atoms with E-state index in [0.29, 0.717) is 12.2 Å². The quantitative estimate of drug-likeness (QED) is 0.656. The maximum absolute atomic E-state index is 12.0. The number of ether oxygens (including phenoxy) is 1. The van der Waals surface area contributed by atoms with E-state index in [9.17, 15) is 9.59 Å². The lowest BCUT2D eigenvalue weighted by Crippen LogP contribution is -2.41. The number of hydrazine groups is 1. The predicted octanol–water partition coefficient (Wildman–Crippen LogP) is 2.87. The van der Waals surface area contributed by atoms with E-state index in [-0.39, 0.29) is 5.91 Å².